The van der Waals surface area contributed by atoms with Crippen molar-refractivity contribution >= 4 is 40.5 Å². The van der Waals surface area contributed by atoms with Crippen LogP contribution in [0.15, 0.2) is 30.5 Å². The largest absolute Gasteiger partial charge is 0.490 e. The molecule has 0 unspecified atom stereocenters. The summed E-state index contributed by atoms with van der Waals surface area (Å²) in [5, 5.41) is 5.78. The second-order valence-corrected chi connectivity index (χ2v) is 6.12. The second kappa shape index (κ2) is 10.7. The number of benzene rings is 1. The van der Waals surface area contributed by atoms with Crippen molar-refractivity contribution in [1.29, 1.82) is 0 Å². The number of halogens is 1. The first kappa shape index (κ1) is 21.7. The molecule has 2 rings (SSSR count). The molecule has 9 heteroatoms. The van der Waals surface area contributed by atoms with E-state index in [1.807, 2.05) is 20.8 Å². The Morgan fingerprint density at radius 3 is 2.25 bits per heavy atom. The number of hydrogen-bond donors (Lipinski definition) is 2. The molecule has 2 N–H and O–H groups in total. The van der Waals surface area contributed by atoms with E-state index < -0.39 is 5.91 Å². The van der Waals surface area contributed by atoms with Crippen LogP contribution < -0.4 is 24.8 Å². The molecule has 1 heterocycles. The minimum atomic E-state index is -0.428. The summed E-state index contributed by atoms with van der Waals surface area (Å²) in [6.07, 6.45) is 1.56. The number of hydrogen-bond acceptors (Lipinski definition) is 6. The van der Waals surface area contributed by atoms with Crippen molar-refractivity contribution < 1.29 is 19.0 Å². The number of nitrogens with zero attached hydrogens (tertiary/aromatic N) is 1. The molecule has 7 nitrogen and oxygen atoms in total. The molecule has 0 aliphatic rings. The van der Waals surface area contributed by atoms with Crippen molar-refractivity contribution in [1.82, 2.24) is 10.3 Å². The van der Waals surface area contributed by atoms with Gasteiger partial charge in [-0.15, -0.1) is 0 Å². The number of nitrogens with one attached hydrogen (secondary N) is 2. The van der Waals surface area contributed by atoms with Crippen LogP contribution in [0.2, 0.25) is 5.15 Å². The van der Waals surface area contributed by atoms with Gasteiger partial charge >= 0.3 is 0 Å². The highest BCUT2D eigenvalue weighted by Gasteiger charge is 2.19. The molecule has 1 aromatic heterocycles. The number of carbonyl (C=O) groups is 1. The summed E-state index contributed by atoms with van der Waals surface area (Å²) in [4.78, 5) is 16.6. The molecule has 0 aliphatic carbocycles. The van der Waals surface area contributed by atoms with E-state index in [4.69, 9.17) is 38.0 Å². The number of amides is 1. The predicted octanol–water partition coefficient (Wildman–Crippen LogP) is 4.06. The average Bonchev–Trinajstić information content (AvgIpc) is 2.66. The van der Waals surface area contributed by atoms with E-state index in [-0.39, 0.29) is 10.3 Å². The molecule has 0 fully saturated rings. The standard InChI is InChI=1S/C19H22ClN3O4S/c1-4-25-14-10-12(11-15(26-5-2)16(14)27-6-3)18(24)23-19(28)22-13-8-7-9-21-17(13)20/h7-11H,4-6H2,1-3H3,(H2,22,23,24,28). The SMILES string of the molecule is CCOc1cc(C(=O)NC(=S)Nc2cccnc2Cl)cc(OCC)c1OCC. The summed E-state index contributed by atoms with van der Waals surface area (Å²) < 4.78 is 16.9. The molecule has 0 aliphatic heterocycles. The van der Waals surface area contributed by atoms with E-state index in [2.05, 4.69) is 15.6 Å². The van der Waals surface area contributed by atoms with Crippen molar-refractivity contribution in [2.24, 2.45) is 0 Å². The maximum absolute atomic E-state index is 12.7. The Bertz CT molecular complexity index is 821. The van der Waals surface area contributed by atoms with Crippen LogP contribution in [0.5, 0.6) is 17.2 Å². The molecular weight excluding hydrogens is 402 g/mol. The minimum absolute atomic E-state index is 0.0877. The highest BCUT2D eigenvalue weighted by molar-refractivity contribution is 7.80. The van der Waals surface area contributed by atoms with Gasteiger partial charge in [0.1, 0.15) is 0 Å². The van der Waals surface area contributed by atoms with Gasteiger partial charge in [0, 0.05) is 11.8 Å². The van der Waals surface area contributed by atoms with E-state index in [1.54, 1.807) is 30.5 Å². The number of rotatable bonds is 8. The van der Waals surface area contributed by atoms with Crippen molar-refractivity contribution in [2.75, 3.05) is 25.1 Å². The molecule has 0 radical (unpaired) electrons. The van der Waals surface area contributed by atoms with Crippen molar-refractivity contribution in [3.63, 3.8) is 0 Å². The predicted molar refractivity (Wildman–Crippen MR) is 113 cm³/mol. The van der Waals surface area contributed by atoms with Crippen LogP contribution in [0.25, 0.3) is 0 Å². The quantitative estimate of drug-likeness (QED) is 0.489. The zero-order valence-corrected chi connectivity index (χ0v) is 17.4. The lowest BCUT2D eigenvalue weighted by Crippen LogP contribution is -2.34. The number of carbonyl (C=O) groups excluding carboxylic acids is 1. The zero-order valence-electron chi connectivity index (χ0n) is 15.9. The van der Waals surface area contributed by atoms with E-state index in [1.165, 1.54) is 0 Å². The maximum Gasteiger partial charge on any atom is 0.257 e. The highest BCUT2D eigenvalue weighted by Crippen LogP contribution is 2.39. The molecule has 28 heavy (non-hydrogen) atoms. The Hall–Kier alpha value is -2.58. The third-order valence-corrected chi connectivity index (χ3v) is 3.91. The molecule has 1 aromatic carbocycles. The lowest BCUT2D eigenvalue weighted by Gasteiger charge is -2.17. The molecule has 0 spiro atoms. The van der Waals surface area contributed by atoms with E-state index in [0.29, 0.717) is 48.3 Å². The number of anilines is 1. The fraction of sp³-hybridized carbons (Fsp3) is 0.316. The number of aromatic nitrogens is 1. The summed E-state index contributed by atoms with van der Waals surface area (Å²) >= 11 is 11.2. The second-order valence-electron chi connectivity index (χ2n) is 5.35. The summed E-state index contributed by atoms with van der Waals surface area (Å²) in [6, 6.07) is 6.58. The van der Waals surface area contributed by atoms with Crippen LogP contribution in [-0.2, 0) is 0 Å². The van der Waals surface area contributed by atoms with Gasteiger partial charge in [-0.25, -0.2) is 4.98 Å². The van der Waals surface area contributed by atoms with Gasteiger partial charge in [0.25, 0.3) is 5.91 Å². The normalized spacial score (nSPS) is 10.1. The summed E-state index contributed by atoms with van der Waals surface area (Å²) in [5.41, 5.74) is 0.808. The van der Waals surface area contributed by atoms with Gasteiger partial charge in [0.2, 0.25) is 5.75 Å². The number of ether oxygens (including phenoxy) is 3. The van der Waals surface area contributed by atoms with Crippen LogP contribution >= 0.6 is 23.8 Å². The fourth-order valence-electron chi connectivity index (χ4n) is 2.33. The monoisotopic (exact) mass is 423 g/mol. The Labute approximate surface area is 174 Å². The Balaban J connectivity index is 2.23. The van der Waals surface area contributed by atoms with Crippen molar-refractivity contribution in [2.45, 2.75) is 20.8 Å². The van der Waals surface area contributed by atoms with Crippen LogP contribution in [0.4, 0.5) is 5.69 Å². The van der Waals surface area contributed by atoms with Crippen molar-refractivity contribution in [3.05, 3.63) is 41.2 Å². The molecular formula is C19H22ClN3O4S. The average molecular weight is 424 g/mol. The van der Waals surface area contributed by atoms with Gasteiger partial charge in [-0.2, -0.15) is 0 Å². The van der Waals surface area contributed by atoms with Gasteiger partial charge in [0.15, 0.2) is 21.8 Å². The summed E-state index contributed by atoms with van der Waals surface area (Å²) in [7, 11) is 0. The number of thiocarbonyl (C=S) groups is 1. The molecule has 0 bridgehead atoms. The Morgan fingerprint density at radius 1 is 1.11 bits per heavy atom. The van der Waals surface area contributed by atoms with Gasteiger partial charge in [0.05, 0.1) is 25.5 Å². The minimum Gasteiger partial charge on any atom is -0.490 e. The third kappa shape index (κ3) is 5.71. The highest BCUT2D eigenvalue weighted by atomic mass is 35.5. The summed E-state index contributed by atoms with van der Waals surface area (Å²) in [6.45, 7) is 6.82. The van der Waals surface area contributed by atoms with E-state index >= 15 is 0 Å². The maximum atomic E-state index is 12.7. The molecule has 2 aromatic rings. The van der Waals surface area contributed by atoms with Gasteiger partial charge in [-0.3, -0.25) is 10.1 Å². The van der Waals surface area contributed by atoms with Crippen molar-refractivity contribution in [3.8, 4) is 17.2 Å². The lowest BCUT2D eigenvalue weighted by atomic mass is 10.1. The molecule has 0 saturated heterocycles. The van der Waals surface area contributed by atoms with E-state index in [9.17, 15) is 4.79 Å². The first-order valence-corrected chi connectivity index (χ1v) is 9.58. The first-order chi connectivity index (χ1) is 13.5. The lowest BCUT2D eigenvalue weighted by molar-refractivity contribution is 0.0976. The first-order valence-electron chi connectivity index (χ1n) is 8.79. The van der Waals surface area contributed by atoms with Crippen LogP contribution in [0, 0.1) is 0 Å². The Kier molecular flexibility index (Phi) is 8.28. The number of pyridine rings is 1. The topological polar surface area (TPSA) is 81.7 Å². The summed E-state index contributed by atoms with van der Waals surface area (Å²) in [5.74, 6) is 0.886. The molecule has 0 saturated carbocycles. The molecule has 0 atom stereocenters. The smallest absolute Gasteiger partial charge is 0.257 e. The van der Waals surface area contributed by atoms with Crippen LogP contribution in [-0.4, -0.2) is 35.8 Å². The molecule has 1 amide bonds. The Morgan fingerprint density at radius 2 is 1.71 bits per heavy atom. The van der Waals surface area contributed by atoms with Gasteiger partial charge < -0.3 is 19.5 Å². The third-order valence-electron chi connectivity index (χ3n) is 3.41. The van der Waals surface area contributed by atoms with E-state index in [0.717, 1.165) is 0 Å². The zero-order chi connectivity index (χ0) is 20.5. The van der Waals surface area contributed by atoms with Crippen LogP contribution in [0.1, 0.15) is 31.1 Å². The van der Waals surface area contributed by atoms with Crippen LogP contribution in [0.3, 0.4) is 0 Å². The van der Waals surface area contributed by atoms with Gasteiger partial charge in [-0.1, -0.05) is 11.6 Å². The van der Waals surface area contributed by atoms with Gasteiger partial charge in [-0.05, 0) is 57.3 Å². The molecule has 150 valence electrons. The fourth-order valence-corrected chi connectivity index (χ4v) is 2.70.